The van der Waals surface area contributed by atoms with Crippen LogP contribution in [-0.4, -0.2) is 42.3 Å². The van der Waals surface area contributed by atoms with Crippen molar-refractivity contribution in [3.05, 3.63) is 0 Å². The Hall–Kier alpha value is -0.780. The molecule has 0 amide bonds. The summed E-state index contributed by atoms with van der Waals surface area (Å²) in [5.41, 5.74) is 4.52. The molecule has 0 spiro atoms. The molecule has 0 radical (unpaired) electrons. The van der Waals surface area contributed by atoms with E-state index in [1.165, 1.54) is 0 Å². The smallest absolute Gasteiger partial charge is 0.149 e. The maximum absolute atomic E-state index is 11.5. The van der Waals surface area contributed by atoms with E-state index >= 15 is 0 Å². The SMILES string of the molecule is CC(=O)C(C)(C)NCC(C)(CN)CNC(C)(C)C(C)=O. The lowest BCUT2D eigenvalue weighted by atomic mass is 9.87. The zero-order valence-electron chi connectivity index (χ0n) is 14.0. The minimum Gasteiger partial charge on any atom is -0.330 e. The summed E-state index contributed by atoms with van der Waals surface area (Å²) >= 11 is 0. The molecule has 0 bridgehead atoms. The second kappa shape index (κ2) is 6.78. The first kappa shape index (κ1) is 19.2. The van der Waals surface area contributed by atoms with Crippen LogP contribution in [0, 0.1) is 5.41 Å². The Morgan fingerprint density at radius 2 is 1.15 bits per heavy atom. The molecular weight excluding hydrogens is 254 g/mol. The number of nitrogens with two attached hydrogens (primary N) is 1. The molecule has 0 aliphatic carbocycles. The number of Topliss-reactive ketones (excluding diaryl/α,β-unsaturated/α-hetero) is 2. The standard InChI is InChI=1S/C15H31N3O2/c1-11(19)13(3,4)17-9-15(7,8-16)10-18-14(5,6)12(2)20/h17-18H,8-10,16H2,1-7H3. The van der Waals surface area contributed by atoms with Crippen molar-refractivity contribution in [2.45, 2.75) is 59.5 Å². The lowest BCUT2D eigenvalue weighted by Gasteiger charge is -2.36. The van der Waals surface area contributed by atoms with Crippen molar-refractivity contribution in [3.63, 3.8) is 0 Å². The van der Waals surface area contributed by atoms with Crippen LogP contribution in [0.1, 0.15) is 48.5 Å². The van der Waals surface area contributed by atoms with Gasteiger partial charge in [0, 0.05) is 25.0 Å². The molecule has 4 N–H and O–H groups in total. The number of hydrogen-bond acceptors (Lipinski definition) is 5. The highest BCUT2D eigenvalue weighted by atomic mass is 16.1. The van der Waals surface area contributed by atoms with Crippen molar-refractivity contribution in [2.75, 3.05) is 19.6 Å². The summed E-state index contributed by atoms with van der Waals surface area (Å²) in [5.74, 6) is 0.183. The van der Waals surface area contributed by atoms with E-state index in [1.807, 2.05) is 34.6 Å². The van der Waals surface area contributed by atoms with Crippen LogP contribution in [0.25, 0.3) is 0 Å². The summed E-state index contributed by atoms with van der Waals surface area (Å²) < 4.78 is 0. The largest absolute Gasteiger partial charge is 0.330 e. The summed E-state index contributed by atoms with van der Waals surface area (Å²) in [6.07, 6.45) is 0. The van der Waals surface area contributed by atoms with Gasteiger partial charge in [-0.3, -0.25) is 9.59 Å². The molecule has 0 aromatic rings. The number of carbonyl (C=O) groups is 2. The fraction of sp³-hybridized carbons (Fsp3) is 0.867. The fourth-order valence-electron chi connectivity index (χ4n) is 1.32. The highest BCUT2D eigenvalue weighted by Gasteiger charge is 2.31. The minimum absolute atomic E-state index is 0.0916. The van der Waals surface area contributed by atoms with Crippen LogP contribution >= 0.6 is 0 Å². The highest BCUT2D eigenvalue weighted by Crippen LogP contribution is 2.16. The van der Waals surface area contributed by atoms with Gasteiger partial charge in [-0.25, -0.2) is 0 Å². The van der Waals surface area contributed by atoms with E-state index in [0.717, 1.165) is 0 Å². The summed E-state index contributed by atoms with van der Waals surface area (Å²) in [6, 6.07) is 0. The van der Waals surface area contributed by atoms with Gasteiger partial charge in [0.15, 0.2) is 0 Å². The van der Waals surface area contributed by atoms with Crippen molar-refractivity contribution in [1.82, 2.24) is 10.6 Å². The topological polar surface area (TPSA) is 84.2 Å². The third-order valence-corrected chi connectivity index (χ3v) is 4.17. The van der Waals surface area contributed by atoms with Gasteiger partial charge >= 0.3 is 0 Å². The van der Waals surface area contributed by atoms with Gasteiger partial charge in [0.25, 0.3) is 0 Å². The lowest BCUT2D eigenvalue weighted by molar-refractivity contribution is -0.122. The number of ketones is 2. The maximum atomic E-state index is 11.5. The average Bonchev–Trinajstić information content (AvgIpc) is 2.34. The molecule has 0 aliphatic rings. The van der Waals surface area contributed by atoms with Crippen molar-refractivity contribution >= 4 is 11.6 Å². The molecule has 0 aromatic heterocycles. The predicted molar refractivity (Wildman–Crippen MR) is 82.7 cm³/mol. The van der Waals surface area contributed by atoms with Gasteiger partial charge in [0.1, 0.15) is 11.6 Å². The van der Waals surface area contributed by atoms with Gasteiger partial charge in [0.05, 0.1) is 11.1 Å². The van der Waals surface area contributed by atoms with Gasteiger partial charge in [-0.05, 0) is 41.5 Å². The first-order valence-electron chi connectivity index (χ1n) is 7.08. The molecule has 0 atom stereocenters. The summed E-state index contributed by atoms with van der Waals surface area (Å²) in [4.78, 5) is 23.0. The van der Waals surface area contributed by atoms with Crippen LogP contribution in [0.15, 0.2) is 0 Å². The van der Waals surface area contributed by atoms with Crippen molar-refractivity contribution in [3.8, 4) is 0 Å². The summed E-state index contributed by atoms with van der Waals surface area (Å²) in [5, 5.41) is 6.52. The van der Waals surface area contributed by atoms with Crippen LogP contribution in [0.4, 0.5) is 0 Å². The quantitative estimate of drug-likeness (QED) is 0.585. The molecular formula is C15H31N3O2. The molecule has 0 saturated heterocycles. The second-order valence-corrected chi connectivity index (χ2v) is 7.08. The van der Waals surface area contributed by atoms with Gasteiger partial charge < -0.3 is 16.4 Å². The van der Waals surface area contributed by atoms with Crippen LogP contribution in [0.2, 0.25) is 0 Å². The molecule has 5 heteroatoms. The molecule has 0 heterocycles. The Labute approximate surface area is 123 Å². The summed E-state index contributed by atoms with van der Waals surface area (Å²) in [7, 11) is 0. The molecule has 5 nitrogen and oxygen atoms in total. The lowest BCUT2D eigenvalue weighted by Crippen LogP contribution is -2.56. The molecule has 0 aromatic carbocycles. The Morgan fingerprint density at radius 3 is 1.35 bits per heavy atom. The third kappa shape index (κ3) is 5.69. The minimum atomic E-state index is -0.563. The van der Waals surface area contributed by atoms with E-state index in [-0.39, 0.29) is 17.0 Å². The Kier molecular flexibility index (Phi) is 6.52. The first-order valence-corrected chi connectivity index (χ1v) is 7.08. The Balaban J connectivity index is 4.64. The molecule has 0 rings (SSSR count). The van der Waals surface area contributed by atoms with Crippen LogP contribution in [0.5, 0.6) is 0 Å². The van der Waals surface area contributed by atoms with Gasteiger partial charge in [-0.1, -0.05) is 6.92 Å². The monoisotopic (exact) mass is 285 g/mol. The van der Waals surface area contributed by atoms with E-state index in [2.05, 4.69) is 10.6 Å². The fourth-order valence-corrected chi connectivity index (χ4v) is 1.32. The van der Waals surface area contributed by atoms with E-state index < -0.39 is 11.1 Å². The van der Waals surface area contributed by atoms with E-state index in [4.69, 9.17) is 5.73 Å². The van der Waals surface area contributed by atoms with Gasteiger partial charge in [-0.2, -0.15) is 0 Å². The normalized spacial score (nSPS) is 13.4. The molecule has 0 fully saturated rings. The van der Waals surface area contributed by atoms with E-state index in [9.17, 15) is 9.59 Å². The molecule has 118 valence electrons. The first-order chi connectivity index (χ1) is 8.86. The molecule has 0 aliphatic heterocycles. The van der Waals surface area contributed by atoms with Crippen molar-refractivity contribution < 1.29 is 9.59 Å². The van der Waals surface area contributed by atoms with Crippen molar-refractivity contribution in [1.29, 1.82) is 0 Å². The van der Waals surface area contributed by atoms with Crippen LogP contribution < -0.4 is 16.4 Å². The highest BCUT2D eigenvalue weighted by molar-refractivity contribution is 5.85. The Morgan fingerprint density at radius 1 is 0.850 bits per heavy atom. The maximum Gasteiger partial charge on any atom is 0.149 e. The zero-order valence-corrected chi connectivity index (χ0v) is 14.0. The predicted octanol–water partition coefficient (Wildman–Crippen LogP) is 0.866. The van der Waals surface area contributed by atoms with Crippen LogP contribution in [-0.2, 0) is 9.59 Å². The number of hydrogen-bond donors (Lipinski definition) is 3. The van der Waals surface area contributed by atoms with Gasteiger partial charge in [0.2, 0.25) is 0 Å². The third-order valence-electron chi connectivity index (χ3n) is 4.17. The van der Waals surface area contributed by atoms with Crippen molar-refractivity contribution in [2.24, 2.45) is 11.1 Å². The van der Waals surface area contributed by atoms with E-state index in [0.29, 0.717) is 19.6 Å². The average molecular weight is 285 g/mol. The zero-order chi connectivity index (χ0) is 16.2. The molecule has 20 heavy (non-hydrogen) atoms. The number of rotatable bonds is 9. The molecule has 0 saturated carbocycles. The molecule has 0 unspecified atom stereocenters. The second-order valence-electron chi connectivity index (χ2n) is 7.08. The summed E-state index contributed by atoms with van der Waals surface area (Å²) in [6.45, 7) is 14.3. The van der Waals surface area contributed by atoms with Crippen LogP contribution in [0.3, 0.4) is 0 Å². The number of carbonyl (C=O) groups excluding carboxylic acids is 2. The van der Waals surface area contributed by atoms with Gasteiger partial charge in [-0.15, -0.1) is 0 Å². The number of nitrogens with one attached hydrogen (secondary N) is 2. The van der Waals surface area contributed by atoms with E-state index in [1.54, 1.807) is 13.8 Å². The Bertz CT molecular complexity index is 332.